The van der Waals surface area contributed by atoms with Crippen LogP contribution in [0, 0.1) is 6.92 Å². The second-order valence-corrected chi connectivity index (χ2v) is 6.99. The van der Waals surface area contributed by atoms with Gasteiger partial charge < -0.3 is 10.4 Å². The van der Waals surface area contributed by atoms with E-state index in [-0.39, 0.29) is 9.79 Å². The smallest absolute Gasteiger partial charge is 0.325 e. The van der Waals surface area contributed by atoms with Gasteiger partial charge in [-0.1, -0.05) is 17.7 Å². The SMILES string of the molecule is Cc1ccc(S(=O)(=O)c2ccc(N[C@@H](C)C(=O)O)cc2)cc1. The van der Waals surface area contributed by atoms with Crippen molar-refractivity contribution >= 4 is 21.5 Å². The van der Waals surface area contributed by atoms with Crippen LogP contribution in [-0.2, 0) is 14.6 Å². The average Bonchev–Trinajstić information content (AvgIpc) is 2.48. The fraction of sp³-hybridized carbons (Fsp3) is 0.188. The number of carboxylic acid groups (broad SMARTS) is 1. The Bertz CT molecular complexity index is 765. The van der Waals surface area contributed by atoms with E-state index in [9.17, 15) is 13.2 Å². The first kappa shape index (κ1) is 16.0. The molecule has 0 aliphatic rings. The van der Waals surface area contributed by atoms with E-state index in [2.05, 4.69) is 5.32 Å². The van der Waals surface area contributed by atoms with Gasteiger partial charge in [-0.3, -0.25) is 4.79 Å². The maximum absolute atomic E-state index is 12.5. The minimum Gasteiger partial charge on any atom is -0.480 e. The fourth-order valence-corrected chi connectivity index (χ4v) is 3.16. The molecule has 2 aromatic carbocycles. The van der Waals surface area contributed by atoms with E-state index in [0.717, 1.165) is 5.56 Å². The Hall–Kier alpha value is -2.34. The van der Waals surface area contributed by atoms with E-state index in [1.807, 2.05) is 6.92 Å². The molecule has 22 heavy (non-hydrogen) atoms. The van der Waals surface area contributed by atoms with Gasteiger partial charge >= 0.3 is 5.97 Å². The van der Waals surface area contributed by atoms with Crippen LogP contribution in [0.4, 0.5) is 5.69 Å². The molecule has 0 aliphatic carbocycles. The van der Waals surface area contributed by atoms with Crippen molar-refractivity contribution in [3.05, 3.63) is 54.1 Å². The summed E-state index contributed by atoms with van der Waals surface area (Å²) in [6.07, 6.45) is 0. The number of anilines is 1. The summed E-state index contributed by atoms with van der Waals surface area (Å²) in [6.45, 7) is 3.40. The third-order valence-electron chi connectivity index (χ3n) is 3.25. The van der Waals surface area contributed by atoms with Gasteiger partial charge in [-0.15, -0.1) is 0 Å². The number of hydrogen-bond donors (Lipinski definition) is 2. The van der Waals surface area contributed by atoms with Gasteiger partial charge in [-0.2, -0.15) is 0 Å². The van der Waals surface area contributed by atoms with Crippen LogP contribution in [0.2, 0.25) is 0 Å². The van der Waals surface area contributed by atoms with Crippen molar-refractivity contribution < 1.29 is 18.3 Å². The average molecular weight is 319 g/mol. The summed E-state index contributed by atoms with van der Waals surface area (Å²) in [7, 11) is -3.56. The summed E-state index contributed by atoms with van der Waals surface area (Å²) in [5.41, 5.74) is 1.54. The lowest BCUT2D eigenvalue weighted by Crippen LogP contribution is -2.25. The molecule has 0 saturated heterocycles. The van der Waals surface area contributed by atoms with Crippen LogP contribution in [0.3, 0.4) is 0 Å². The van der Waals surface area contributed by atoms with Crippen molar-refractivity contribution in [3.63, 3.8) is 0 Å². The molecule has 1 atom stereocenters. The normalized spacial score (nSPS) is 12.6. The molecule has 0 unspecified atom stereocenters. The third kappa shape index (κ3) is 3.46. The van der Waals surface area contributed by atoms with Crippen LogP contribution in [0.5, 0.6) is 0 Å². The Morgan fingerprint density at radius 2 is 1.45 bits per heavy atom. The largest absolute Gasteiger partial charge is 0.480 e. The van der Waals surface area contributed by atoms with Gasteiger partial charge in [0.25, 0.3) is 0 Å². The highest BCUT2D eigenvalue weighted by molar-refractivity contribution is 7.91. The molecular weight excluding hydrogens is 302 g/mol. The quantitative estimate of drug-likeness (QED) is 0.885. The zero-order valence-electron chi connectivity index (χ0n) is 12.3. The van der Waals surface area contributed by atoms with Crippen LogP contribution in [-0.4, -0.2) is 25.5 Å². The first-order chi connectivity index (χ1) is 10.3. The molecule has 0 amide bonds. The number of aryl methyl sites for hydroxylation is 1. The number of sulfone groups is 1. The predicted molar refractivity (Wildman–Crippen MR) is 83.8 cm³/mol. The van der Waals surface area contributed by atoms with Crippen LogP contribution >= 0.6 is 0 Å². The van der Waals surface area contributed by atoms with Crippen LogP contribution < -0.4 is 5.32 Å². The van der Waals surface area contributed by atoms with E-state index in [1.165, 1.54) is 19.1 Å². The van der Waals surface area contributed by atoms with E-state index in [4.69, 9.17) is 5.11 Å². The lowest BCUT2D eigenvalue weighted by Gasteiger charge is -2.11. The van der Waals surface area contributed by atoms with Crippen molar-refractivity contribution in [2.24, 2.45) is 0 Å². The van der Waals surface area contributed by atoms with E-state index < -0.39 is 21.8 Å². The Morgan fingerprint density at radius 1 is 1.00 bits per heavy atom. The topological polar surface area (TPSA) is 83.5 Å². The summed E-state index contributed by atoms with van der Waals surface area (Å²) >= 11 is 0. The van der Waals surface area contributed by atoms with Gasteiger partial charge in [-0.05, 0) is 50.2 Å². The Labute approximate surface area is 129 Å². The fourth-order valence-electron chi connectivity index (χ4n) is 1.90. The third-order valence-corrected chi connectivity index (χ3v) is 5.04. The first-order valence-corrected chi connectivity index (χ1v) is 8.20. The summed E-state index contributed by atoms with van der Waals surface area (Å²) in [6, 6.07) is 11.9. The van der Waals surface area contributed by atoms with Gasteiger partial charge in [0.15, 0.2) is 0 Å². The summed E-state index contributed by atoms with van der Waals surface area (Å²) in [5.74, 6) is -0.976. The van der Waals surface area contributed by atoms with E-state index >= 15 is 0 Å². The van der Waals surface area contributed by atoms with Crippen molar-refractivity contribution in [1.82, 2.24) is 0 Å². The standard InChI is InChI=1S/C16H17NO4S/c1-11-3-7-14(8-4-11)22(20,21)15-9-5-13(6-10-15)17-12(2)16(18)19/h3-10,12,17H,1-2H3,(H,18,19)/t12-/m0/s1. The van der Waals surface area contributed by atoms with Gasteiger partial charge in [-0.25, -0.2) is 8.42 Å². The van der Waals surface area contributed by atoms with Gasteiger partial charge in [0.2, 0.25) is 9.84 Å². The number of nitrogens with one attached hydrogen (secondary N) is 1. The van der Waals surface area contributed by atoms with Gasteiger partial charge in [0.1, 0.15) is 6.04 Å². The first-order valence-electron chi connectivity index (χ1n) is 6.72. The molecule has 0 radical (unpaired) electrons. The Kier molecular flexibility index (Phi) is 4.51. The molecule has 0 heterocycles. The van der Waals surface area contributed by atoms with Crippen LogP contribution in [0.15, 0.2) is 58.3 Å². The molecule has 0 saturated carbocycles. The Morgan fingerprint density at radius 3 is 1.91 bits per heavy atom. The Balaban J connectivity index is 2.26. The molecule has 5 nitrogen and oxygen atoms in total. The highest BCUT2D eigenvalue weighted by Gasteiger charge is 2.17. The van der Waals surface area contributed by atoms with E-state index in [1.54, 1.807) is 36.4 Å². The van der Waals surface area contributed by atoms with Crippen molar-refractivity contribution in [1.29, 1.82) is 0 Å². The minimum absolute atomic E-state index is 0.171. The number of benzene rings is 2. The van der Waals surface area contributed by atoms with Gasteiger partial charge in [0.05, 0.1) is 9.79 Å². The maximum atomic E-state index is 12.5. The monoisotopic (exact) mass is 319 g/mol. The van der Waals surface area contributed by atoms with Crippen molar-refractivity contribution in [2.75, 3.05) is 5.32 Å². The zero-order chi connectivity index (χ0) is 16.3. The molecule has 2 N–H and O–H groups in total. The number of hydrogen-bond acceptors (Lipinski definition) is 4. The molecule has 0 aliphatic heterocycles. The molecular formula is C16H17NO4S. The molecule has 6 heteroatoms. The predicted octanol–water partition coefficient (Wildman–Crippen LogP) is 2.71. The molecule has 0 spiro atoms. The maximum Gasteiger partial charge on any atom is 0.325 e. The summed E-state index contributed by atoms with van der Waals surface area (Å²) in [5, 5.41) is 11.6. The highest BCUT2D eigenvalue weighted by Crippen LogP contribution is 2.22. The van der Waals surface area contributed by atoms with Crippen LogP contribution in [0.25, 0.3) is 0 Å². The molecule has 116 valence electrons. The summed E-state index contributed by atoms with van der Waals surface area (Å²) < 4.78 is 24.9. The number of rotatable bonds is 5. The zero-order valence-corrected chi connectivity index (χ0v) is 13.1. The second kappa shape index (κ2) is 6.19. The molecule has 0 aromatic heterocycles. The van der Waals surface area contributed by atoms with Crippen molar-refractivity contribution in [3.8, 4) is 0 Å². The molecule has 2 rings (SSSR count). The number of aliphatic carboxylic acids is 1. The lowest BCUT2D eigenvalue weighted by molar-refractivity contribution is -0.137. The van der Waals surface area contributed by atoms with Crippen LogP contribution in [0.1, 0.15) is 12.5 Å². The number of carbonyl (C=O) groups is 1. The second-order valence-electron chi connectivity index (χ2n) is 5.05. The minimum atomic E-state index is -3.56. The highest BCUT2D eigenvalue weighted by atomic mass is 32.2. The molecule has 0 bridgehead atoms. The van der Waals surface area contributed by atoms with E-state index in [0.29, 0.717) is 5.69 Å². The summed E-state index contributed by atoms with van der Waals surface area (Å²) in [4.78, 5) is 11.2. The lowest BCUT2D eigenvalue weighted by atomic mass is 10.2. The van der Waals surface area contributed by atoms with Gasteiger partial charge in [0, 0.05) is 5.69 Å². The van der Waals surface area contributed by atoms with Crippen molar-refractivity contribution in [2.45, 2.75) is 29.7 Å². The molecule has 2 aromatic rings. The molecule has 0 fully saturated rings. The number of carboxylic acids is 1.